The summed E-state index contributed by atoms with van der Waals surface area (Å²) in [6, 6.07) is 3.57. The highest BCUT2D eigenvalue weighted by Gasteiger charge is 2.25. The van der Waals surface area contributed by atoms with Crippen molar-refractivity contribution in [3.8, 4) is 5.75 Å². The van der Waals surface area contributed by atoms with Crippen LogP contribution >= 0.6 is 0 Å². The fraction of sp³-hybridized carbons (Fsp3) is 0.571. The minimum atomic E-state index is -3.77. The molecule has 122 valence electrons. The second kappa shape index (κ2) is 7.06. The van der Waals surface area contributed by atoms with Crippen LogP contribution in [0.4, 0.5) is 5.69 Å². The molecule has 0 atom stereocenters. The van der Waals surface area contributed by atoms with E-state index in [1.165, 1.54) is 19.2 Å². The zero-order valence-corrected chi connectivity index (χ0v) is 13.3. The van der Waals surface area contributed by atoms with Crippen molar-refractivity contribution in [1.29, 1.82) is 0 Å². The molecule has 0 spiro atoms. The van der Waals surface area contributed by atoms with Gasteiger partial charge in [0, 0.05) is 12.1 Å². The van der Waals surface area contributed by atoms with Crippen molar-refractivity contribution in [3.63, 3.8) is 0 Å². The number of nitro groups is 1. The molecule has 0 unspecified atom stereocenters. The summed E-state index contributed by atoms with van der Waals surface area (Å²) in [4.78, 5) is 10.2. The summed E-state index contributed by atoms with van der Waals surface area (Å²) < 4.78 is 32.4. The summed E-state index contributed by atoms with van der Waals surface area (Å²) >= 11 is 0. The second-order valence-corrected chi connectivity index (χ2v) is 7.11. The van der Waals surface area contributed by atoms with E-state index in [1.54, 1.807) is 0 Å². The molecule has 7 nitrogen and oxygen atoms in total. The first-order valence-electron chi connectivity index (χ1n) is 7.29. The molecule has 1 aromatic rings. The Labute approximate surface area is 129 Å². The highest BCUT2D eigenvalue weighted by Crippen LogP contribution is 2.29. The molecule has 1 aliphatic carbocycles. The van der Waals surface area contributed by atoms with Crippen molar-refractivity contribution in [1.82, 2.24) is 4.72 Å². The van der Waals surface area contributed by atoms with Crippen LogP contribution in [0.2, 0.25) is 0 Å². The van der Waals surface area contributed by atoms with Gasteiger partial charge in [-0.3, -0.25) is 10.1 Å². The first-order valence-corrected chi connectivity index (χ1v) is 8.77. The minimum absolute atomic E-state index is 0.0402. The summed E-state index contributed by atoms with van der Waals surface area (Å²) in [7, 11) is -2.46. The molecule has 1 aromatic carbocycles. The molecule has 0 aliphatic heterocycles. The van der Waals surface area contributed by atoms with Crippen molar-refractivity contribution in [3.05, 3.63) is 28.3 Å². The summed E-state index contributed by atoms with van der Waals surface area (Å²) in [5, 5.41) is 11.0. The van der Waals surface area contributed by atoms with Gasteiger partial charge in [-0.25, -0.2) is 13.1 Å². The first-order chi connectivity index (χ1) is 10.4. The Morgan fingerprint density at radius 1 is 1.23 bits per heavy atom. The van der Waals surface area contributed by atoms with Gasteiger partial charge in [-0.1, -0.05) is 25.7 Å². The lowest BCUT2D eigenvalue weighted by molar-refractivity contribution is -0.386. The number of sulfonamides is 1. The number of nitro benzene ring substituents is 1. The van der Waals surface area contributed by atoms with Gasteiger partial charge in [0.25, 0.3) is 0 Å². The van der Waals surface area contributed by atoms with Gasteiger partial charge >= 0.3 is 5.69 Å². The second-order valence-electron chi connectivity index (χ2n) is 5.40. The standard InChI is InChI=1S/C14H20N2O5S/c1-21-14-9-8-12(10-13(14)16(17)18)22(19,20)15-11-6-4-2-3-5-7-11/h8-11,15H,2-7H2,1H3. The van der Waals surface area contributed by atoms with Crippen LogP contribution in [0.3, 0.4) is 0 Å². The third-order valence-electron chi connectivity index (χ3n) is 3.83. The Morgan fingerprint density at radius 2 is 1.86 bits per heavy atom. The van der Waals surface area contributed by atoms with Gasteiger partial charge in [-0.15, -0.1) is 0 Å². The Morgan fingerprint density at radius 3 is 2.41 bits per heavy atom. The van der Waals surface area contributed by atoms with Crippen LogP contribution in [0, 0.1) is 10.1 Å². The SMILES string of the molecule is COc1ccc(S(=O)(=O)NC2CCCCCC2)cc1[N+](=O)[O-]. The monoisotopic (exact) mass is 328 g/mol. The van der Waals surface area contributed by atoms with Crippen LogP contribution < -0.4 is 9.46 Å². The van der Waals surface area contributed by atoms with Gasteiger partial charge in [0.05, 0.1) is 16.9 Å². The molecule has 0 heterocycles. The summed E-state index contributed by atoms with van der Waals surface area (Å²) in [5.74, 6) is 0.0402. The first kappa shape index (κ1) is 16.7. The molecule has 0 bridgehead atoms. The van der Waals surface area contributed by atoms with Crippen molar-refractivity contribution >= 4 is 15.7 Å². The van der Waals surface area contributed by atoms with Gasteiger partial charge < -0.3 is 4.74 Å². The average molecular weight is 328 g/mol. The molecule has 22 heavy (non-hydrogen) atoms. The minimum Gasteiger partial charge on any atom is -0.490 e. The molecule has 0 saturated heterocycles. The lowest BCUT2D eigenvalue weighted by Crippen LogP contribution is -2.34. The number of benzene rings is 1. The smallest absolute Gasteiger partial charge is 0.312 e. The summed E-state index contributed by atoms with van der Waals surface area (Å²) in [6.07, 6.45) is 5.83. The summed E-state index contributed by atoms with van der Waals surface area (Å²) in [6.45, 7) is 0. The highest BCUT2D eigenvalue weighted by atomic mass is 32.2. The Bertz CT molecular complexity index is 637. The molecule has 8 heteroatoms. The van der Waals surface area contributed by atoms with Gasteiger partial charge in [0.15, 0.2) is 5.75 Å². The number of hydrogen-bond acceptors (Lipinski definition) is 5. The van der Waals surface area contributed by atoms with E-state index < -0.39 is 14.9 Å². The highest BCUT2D eigenvalue weighted by molar-refractivity contribution is 7.89. The molecule has 1 aliphatic rings. The fourth-order valence-electron chi connectivity index (χ4n) is 2.66. The quantitative estimate of drug-likeness (QED) is 0.509. The van der Waals surface area contributed by atoms with E-state index in [0.29, 0.717) is 0 Å². The van der Waals surface area contributed by atoms with Crippen LogP contribution in [-0.4, -0.2) is 26.5 Å². The summed E-state index contributed by atoms with van der Waals surface area (Å²) in [5.41, 5.74) is -0.355. The Balaban J connectivity index is 2.25. The Kier molecular flexibility index (Phi) is 5.36. The molecular formula is C14H20N2O5S. The predicted octanol–water partition coefficient (Wildman–Crippen LogP) is 2.60. The number of methoxy groups -OCH3 is 1. The third-order valence-corrected chi connectivity index (χ3v) is 5.35. The number of ether oxygens (including phenoxy) is 1. The molecule has 0 radical (unpaired) electrons. The van der Waals surface area contributed by atoms with Crippen molar-refractivity contribution in [2.75, 3.05) is 7.11 Å². The zero-order valence-electron chi connectivity index (χ0n) is 12.4. The molecule has 1 saturated carbocycles. The van der Waals surface area contributed by atoms with E-state index in [9.17, 15) is 18.5 Å². The average Bonchev–Trinajstić information content (AvgIpc) is 2.74. The van der Waals surface area contributed by atoms with Crippen molar-refractivity contribution < 1.29 is 18.1 Å². The van der Waals surface area contributed by atoms with Crippen LogP contribution in [0.25, 0.3) is 0 Å². The Hall–Kier alpha value is -1.67. The van der Waals surface area contributed by atoms with E-state index in [2.05, 4.69) is 4.72 Å². The van der Waals surface area contributed by atoms with Gasteiger partial charge in [-0.2, -0.15) is 0 Å². The lowest BCUT2D eigenvalue weighted by atomic mass is 10.1. The van der Waals surface area contributed by atoms with Crippen LogP contribution in [0.5, 0.6) is 5.75 Å². The molecule has 1 fully saturated rings. The van der Waals surface area contributed by atoms with E-state index in [4.69, 9.17) is 4.74 Å². The predicted molar refractivity (Wildman–Crippen MR) is 81.5 cm³/mol. The van der Waals surface area contributed by atoms with E-state index >= 15 is 0 Å². The maximum atomic E-state index is 12.4. The van der Waals surface area contributed by atoms with Gasteiger partial charge in [0.1, 0.15) is 0 Å². The normalized spacial score (nSPS) is 17.0. The van der Waals surface area contributed by atoms with E-state index in [0.717, 1.165) is 44.6 Å². The van der Waals surface area contributed by atoms with Gasteiger partial charge in [-0.05, 0) is 25.0 Å². The topological polar surface area (TPSA) is 98.5 Å². The zero-order chi connectivity index (χ0) is 16.2. The fourth-order valence-corrected chi connectivity index (χ4v) is 3.99. The largest absolute Gasteiger partial charge is 0.490 e. The number of hydrogen-bond donors (Lipinski definition) is 1. The van der Waals surface area contributed by atoms with Crippen molar-refractivity contribution in [2.45, 2.75) is 49.5 Å². The third kappa shape index (κ3) is 3.95. The van der Waals surface area contributed by atoms with Crippen LogP contribution in [0.15, 0.2) is 23.1 Å². The molecule has 0 amide bonds. The number of rotatable bonds is 5. The van der Waals surface area contributed by atoms with Gasteiger partial charge in [0.2, 0.25) is 10.0 Å². The van der Waals surface area contributed by atoms with Crippen LogP contribution in [0.1, 0.15) is 38.5 Å². The van der Waals surface area contributed by atoms with E-state index in [-0.39, 0.29) is 22.4 Å². The number of nitrogens with one attached hydrogen (secondary N) is 1. The van der Waals surface area contributed by atoms with Crippen LogP contribution in [-0.2, 0) is 10.0 Å². The number of nitrogens with zero attached hydrogens (tertiary/aromatic N) is 1. The van der Waals surface area contributed by atoms with E-state index in [1.807, 2.05) is 0 Å². The maximum Gasteiger partial charge on any atom is 0.312 e. The van der Waals surface area contributed by atoms with Crippen molar-refractivity contribution in [2.24, 2.45) is 0 Å². The lowest BCUT2D eigenvalue weighted by Gasteiger charge is -2.16. The molecule has 2 rings (SSSR count). The molecular weight excluding hydrogens is 308 g/mol. The molecule has 1 N–H and O–H groups in total. The maximum absolute atomic E-state index is 12.4. The molecule has 0 aromatic heterocycles.